The lowest BCUT2D eigenvalue weighted by Gasteiger charge is -2.10. The Hall–Kier alpha value is -3.04. The molecule has 0 saturated carbocycles. The summed E-state index contributed by atoms with van der Waals surface area (Å²) >= 11 is 0. The van der Waals surface area contributed by atoms with Gasteiger partial charge in [0.1, 0.15) is 16.5 Å². The number of carbonyl (C=O) groups excluding carboxylic acids is 1. The quantitative estimate of drug-likeness (QED) is 0.626. The highest BCUT2D eigenvalue weighted by molar-refractivity contribution is 7.89. The van der Waals surface area contributed by atoms with Gasteiger partial charge in [-0.2, -0.15) is 5.10 Å². The zero-order chi connectivity index (χ0) is 19.4. The molecule has 1 N–H and O–H groups in total. The first-order valence-corrected chi connectivity index (χ1v) is 9.35. The molecule has 9 heteroatoms. The molecule has 0 aliphatic heterocycles. The van der Waals surface area contributed by atoms with E-state index in [0.29, 0.717) is 11.4 Å². The average Bonchev–Trinajstić information content (AvgIpc) is 3.21. The van der Waals surface area contributed by atoms with Crippen LogP contribution in [0.1, 0.15) is 10.4 Å². The molecule has 1 heterocycles. The van der Waals surface area contributed by atoms with Gasteiger partial charge in [-0.3, -0.25) is 4.79 Å². The predicted octanol–water partition coefficient (Wildman–Crippen LogP) is 2.18. The molecule has 7 nitrogen and oxygen atoms in total. The molecule has 0 radical (unpaired) electrons. The maximum Gasteiger partial charge on any atom is 0.243 e. The number of methoxy groups -OCH3 is 1. The number of sulfonamides is 1. The summed E-state index contributed by atoms with van der Waals surface area (Å²) in [6.45, 7) is -0.525. The fourth-order valence-corrected chi connectivity index (χ4v) is 3.48. The van der Waals surface area contributed by atoms with E-state index in [4.69, 9.17) is 4.74 Å². The van der Waals surface area contributed by atoms with Crippen LogP contribution < -0.4 is 9.46 Å². The monoisotopic (exact) mass is 389 g/mol. The highest BCUT2D eigenvalue weighted by Gasteiger charge is 2.20. The van der Waals surface area contributed by atoms with Crippen LogP contribution in [0.25, 0.3) is 5.69 Å². The maximum absolute atomic E-state index is 13.7. The minimum atomic E-state index is -4.16. The lowest BCUT2D eigenvalue weighted by molar-refractivity contribution is 0.0996. The molecule has 3 aromatic rings. The number of benzene rings is 2. The molecule has 1 aromatic heterocycles. The lowest BCUT2D eigenvalue weighted by atomic mass is 10.1. The molecule has 27 heavy (non-hydrogen) atoms. The van der Waals surface area contributed by atoms with Crippen molar-refractivity contribution in [3.05, 3.63) is 72.3 Å². The summed E-state index contributed by atoms with van der Waals surface area (Å²) in [4.78, 5) is 12.0. The standard InChI is InChI=1S/C18H16FN3O4S/c1-26-15-10-13(9-14(11-15)22-8-4-7-20-22)17(23)12-21-27(24,25)18-6-3-2-5-16(18)19/h2-11,21H,12H2,1H3. The summed E-state index contributed by atoms with van der Waals surface area (Å²) in [6.07, 6.45) is 3.29. The number of ketones is 1. The minimum absolute atomic E-state index is 0.232. The molecular formula is C18H16FN3O4S. The van der Waals surface area contributed by atoms with Crippen molar-refractivity contribution in [1.29, 1.82) is 0 Å². The second-order valence-electron chi connectivity index (χ2n) is 5.55. The first-order chi connectivity index (χ1) is 12.9. The molecule has 0 atom stereocenters. The summed E-state index contributed by atoms with van der Waals surface area (Å²) < 4.78 is 47.0. The van der Waals surface area contributed by atoms with Crippen LogP contribution in [0, 0.1) is 5.82 Å². The Balaban J connectivity index is 1.82. The Morgan fingerprint density at radius 2 is 2.00 bits per heavy atom. The number of Topliss-reactive ketones (excluding diaryl/α,β-unsaturated/α-hetero) is 1. The maximum atomic E-state index is 13.7. The highest BCUT2D eigenvalue weighted by atomic mass is 32.2. The SMILES string of the molecule is COc1cc(C(=O)CNS(=O)(=O)c2ccccc2F)cc(-n2cccn2)c1. The van der Waals surface area contributed by atoms with Gasteiger partial charge in [0.15, 0.2) is 5.78 Å². The van der Waals surface area contributed by atoms with Crippen molar-refractivity contribution in [1.82, 2.24) is 14.5 Å². The molecule has 0 saturated heterocycles. The van der Waals surface area contributed by atoms with Gasteiger partial charge < -0.3 is 4.74 Å². The molecule has 0 spiro atoms. The zero-order valence-corrected chi connectivity index (χ0v) is 15.1. The fraction of sp³-hybridized carbons (Fsp3) is 0.111. The summed E-state index contributed by atoms with van der Waals surface area (Å²) in [7, 11) is -2.70. The van der Waals surface area contributed by atoms with Gasteiger partial charge in [-0.25, -0.2) is 22.2 Å². The van der Waals surface area contributed by atoms with Crippen LogP contribution in [0.2, 0.25) is 0 Å². The molecule has 0 bridgehead atoms. The molecular weight excluding hydrogens is 373 g/mol. The Labute approximate surface area is 155 Å². The zero-order valence-electron chi connectivity index (χ0n) is 14.3. The fourth-order valence-electron chi connectivity index (χ4n) is 2.42. The van der Waals surface area contributed by atoms with E-state index in [0.717, 1.165) is 12.1 Å². The number of nitrogens with one attached hydrogen (secondary N) is 1. The van der Waals surface area contributed by atoms with Gasteiger partial charge >= 0.3 is 0 Å². The number of halogens is 1. The van der Waals surface area contributed by atoms with Crippen molar-refractivity contribution in [2.24, 2.45) is 0 Å². The second kappa shape index (κ2) is 7.68. The summed E-state index contributed by atoms with van der Waals surface area (Å²) in [5, 5.41) is 4.09. The average molecular weight is 389 g/mol. The van der Waals surface area contributed by atoms with E-state index in [1.54, 1.807) is 35.3 Å². The van der Waals surface area contributed by atoms with Crippen molar-refractivity contribution in [3.8, 4) is 11.4 Å². The van der Waals surface area contributed by atoms with Crippen LogP contribution in [-0.2, 0) is 10.0 Å². The third kappa shape index (κ3) is 4.21. The van der Waals surface area contributed by atoms with E-state index >= 15 is 0 Å². The molecule has 0 unspecified atom stereocenters. The van der Waals surface area contributed by atoms with Gasteiger partial charge in [0.05, 0.1) is 19.3 Å². The molecule has 140 valence electrons. The largest absolute Gasteiger partial charge is 0.497 e. The Kier molecular flexibility index (Phi) is 5.33. The summed E-state index contributed by atoms with van der Waals surface area (Å²) in [5.41, 5.74) is 0.816. The Morgan fingerprint density at radius 1 is 1.22 bits per heavy atom. The van der Waals surface area contributed by atoms with Crippen LogP contribution >= 0.6 is 0 Å². The third-order valence-electron chi connectivity index (χ3n) is 3.77. The molecule has 0 aliphatic rings. The number of hydrogen-bond donors (Lipinski definition) is 1. The number of ether oxygens (including phenoxy) is 1. The predicted molar refractivity (Wildman–Crippen MR) is 96.0 cm³/mol. The summed E-state index contributed by atoms with van der Waals surface area (Å²) in [5.74, 6) is -0.967. The van der Waals surface area contributed by atoms with Crippen molar-refractivity contribution >= 4 is 15.8 Å². The van der Waals surface area contributed by atoms with Crippen molar-refractivity contribution in [3.63, 3.8) is 0 Å². The van der Waals surface area contributed by atoms with Crippen LogP contribution in [0.3, 0.4) is 0 Å². The van der Waals surface area contributed by atoms with E-state index in [2.05, 4.69) is 9.82 Å². The lowest BCUT2D eigenvalue weighted by Crippen LogP contribution is -2.30. The van der Waals surface area contributed by atoms with Crippen LogP contribution in [0.5, 0.6) is 5.75 Å². The number of rotatable bonds is 7. The smallest absolute Gasteiger partial charge is 0.243 e. The first-order valence-electron chi connectivity index (χ1n) is 7.87. The van der Waals surface area contributed by atoms with Gasteiger partial charge in [0.25, 0.3) is 0 Å². The molecule has 0 amide bonds. The molecule has 2 aromatic carbocycles. The van der Waals surface area contributed by atoms with Crippen molar-refractivity contribution in [2.75, 3.05) is 13.7 Å². The molecule has 0 aliphatic carbocycles. The van der Waals surface area contributed by atoms with Crippen LogP contribution in [-0.4, -0.2) is 37.6 Å². The van der Waals surface area contributed by atoms with E-state index in [9.17, 15) is 17.6 Å². The van der Waals surface area contributed by atoms with E-state index < -0.39 is 33.1 Å². The van der Waals surface area contributed by atoms with Gasteiger partial charge in [-0.15, -0.1) is 0 Å². The van der Waals surface area contributed by atoms with Crippen molar-refractivity contribution in [2.45, 2.75) is 4.90 Å². The Bertz CT molecular complexity index is 1070. The van der Waals surface area contributed by atoms with Gasteiger partial charge in [0.2, 0.25) is 10.0 Å². The van der Waals surface area contributed by atoms with E-state index in [1.165, 1.54) is 25.3 Å². The van der Waals surface area contributed by atoms with Crippen molar-refractivity contribution < 1.29 is 22.3 Å². The first kappa shape index (κ1) is 18.7. The number of hydrogen-bond acceptors (Lipinski definition) is 5. The van der Waals surface area contributed by atoms with Crippen LogP contribution in [0.15, 0.2) is 65.8 Å². The van der Waals surface area contributed by atoms with Gasteiger partial charge in [0, 0.05) is 24.0 Å². The number of nitrogens with zero attached hydrogens (tertiary/aromatic N) is 2. The third-order valence-corrected chi connectivity index (χ3v) is 5.20. The topological polar surface area (TPSA) is 90.3 Å². The van der Waals surface area contributed by atoms with Gasteiger partial charge in [-0.1, -0.05) is 12.1 Å². The van der Waals surface area contributed by atoms with E-state index in [1.807, 2.05) is 0 Å². The van der Waals surface area contributed by atoms with E-state index in [-0.39, 0.29) is 5.56 Å². The summed E-state index contributed by atoms with van der Waals surface area (Å²) in [6, 6.07) is 11.4. The highest BCUT2D eigenvalue weighted by Crippen LogP contribution is 2.20. The Morgan fingerprint density at radius 3 is 2.67 bits per heavy atom. The van der Waals surface area contributed by atoms with Crippen LogP contribution in [0.4, 0.5) is 4.39 Å². The minimum Gasteiger partial charge on any atom is -0.497 e. The molecule has 3 rings (SSSR count). The normalized spacial score (nSPS) is 11.3. The molecule has 0 fully saturated rings. The van der Waals surface area contributed by atoms with Gasteiger partial charge in [-0.05, 0) is 30.3 Å². The second-order valence-corrected chi connectivity index (χ2v) is 7.28. The number of carbonyl (C=O) groups is 1. The number of aromatic nitrogens is 2.